The minimum absolute atomic E-state index is 0. The van der Waals surface area contributed by atoms with Crippen LogP contribution in [0.3, 0.4) is 0 Å². The largest absolute Gasteiger partial charge is 0.355 e. The van der Waals surface area contributed by atoms with Gasteiger partial charge in [-0.1, -0.05) is 43.2 Å². The van der Waals surface area contributed by atoms with E-state index in [-0.39, 0.29) is 24.0 Å². The second-order valence-electron chi connectivity index (χ2n) is 7.13. The van der Waals surface area contributed by atoms with Crippen molar-refractivity contribution in [2.75, 3.05) is 32.4 Å². The fourth-order valence-electron chi connectivity index (χ4n) is 4.09. The number of guanidine groups is 1. The van der Waals surface area contributed by atoms with Gasteiger partial charge in [-0.15, -0.1) is 24.0 Å². The normalized spacial score (nSPS) is 20.5. The molecule has 25 heavy (non-hydrogen) atoms. The summed E-state index contributed by atoms with van der Waals surface area (Å²) in [5.41, 5.74) is 1.69. The highest BCUT2D eigenvalue weighted by atomic mass is 127. The topological polar surface area (TPSA) is 44.7 Å². The first kappa shape index (κ1) is 20.7. The minimum Gasteiger partial charge on any atom is -0.355 e. The van der Waals surface area contributed by atoms with Crippen LogP contribution in [-0.4, -0.2) is 47.5 Å². The summed E-state index contributed by atoms with van der Waals surface area (Å²) in [6.45, 7) is 2.96. The molecule has 1 spiro atoms. The van der Waals surface area contributed by atoms with Crippen LogP contribution in [0.5, 0.6) is 0 Å². The van der Waals surface area contributed by atoms with Crippen LogP contribution >= 0.6 is 24.0 Å². The molecule has 0 amide bonds. The van der Waals surface area contributed by atoms with Crippen LogP contribution in [0.1, 0.15) is 37.7 Å². The third-order valence-electron chi connectivity index (χ3n) is 5.40. The summed E-state index contributed by atoms with van der Waals surface area (Å²) in [6.07, 6.45) is 6.83. The first-order valence-electron chi connectivity index (χ1n) is 9.05. The van der Waals surface area contributed by atoms with E-state index in [4.69, 9.17) is 0 Å². The standard InChI is InChI=1S/C19H29N3OS.HI/c1-20-18(22-13-11-19(16-22)9-5-6-10-19)21-12-14-24(23)15-17-7-3-2-4-8-17;/h2-4,7-8H,5-6,9-16H2,1H3,(H,20,21);1H. The molecule has 1 aromatic carbocycles. The van der Waals surface area contributed by atoms with Gasteiger partial charge in [0.1, 0.15) is 0 Å². The third kappa shape index (κ3) is 5.67. The second kappa shape index (κ2) is 9.90. The van der Waals surface area contributed by atoms with Gasteiger partial charge in [-0.3, -0.25) is 9.20 Å². The third-order valence-corrected chi connectivity index (χ3v) is 6.71. The number of likely N-dealkylation sites (tertiary alicyclic amines) is 1. The van der Waals surface area contributed by atoms with Crippen molar-refractivity contribution in [3.63, 3.8) is 0 Å². The van der Waals surface area contributed by atoms with E-state index in [0.29, 0.717) is 16.9 Å². The van der Waals surface area contributed by atoms with Crippen LogP contribution in [0, 0.1) is 5.41 Å². The monoisotopic (exact) mass is 475 g/mol. The average Bonchev–Trinajstić information content (AvgIpc) is 3.23. The molecule has 140 valence electrons. The highest BCUT2D eigenvalue weighted by Gasteiger charge is 2.40. The van der Waals surface area contributed by atoms with Gasteiger partial charge >= 0.3 is 0 Å². The Morgan fingerprint density at radius 1 is 1.24 bits per heavy atom. The van der Waals surface area contributed by atoms with Crippen LogP contribution in [0.25, 0.3) is 0 Å². The van der Waals surface area contributed by atoms with Crippen molar-refractivity contribution in [2.24, 2.45) is 10.4 Å². The Bertz CT molecular complexity index is 588. The van der Waals surface area contributed by atoms with Crippen LogP contribution in [0.4, 0.5) is 0 Å². The summed E-state index contributed by atoms with van der Waals surface area (Å²) in [7, 11) is 1.01. The molecule has 1 N–H and O–H groups in total. The Kier molecular flexibility index (Phi) is 8.19. The van der Waals surface area contributed by atoms with Crippen LogP contribution in [-0.2, 0) is 16.6 Å². The molecule has 0 bridgehead atoms. The Hall–Kier alpha value is -0.630. The predicted octanol–water partition coefficient (Wildman–Crippen LogP) is 3.39. The van der Waals surface area contributed by atoms with Gasteiger partial charge in [-0.05, 0) is 30.2 Å². The summed E-state index contributed by atoms with van der Waals surface area (Å²) in [5.74, 6) is 2.27. The van der Waals surface area contributed by atoms with E-state index in [0.717, 1.165) is 31.2 Å². The lowest BCUT2D eigenvalue weighted by Crippen LogP contribution is -2.42. The van der Waals surface area contributed by atoms with Gasteiger partial charge in [-0.2, -0.15) is 0 Å². The molecule has 3 rings (SSSR count). The minimum atomic E-state index is -0.835. The van der Waals surface area contributed by atoms with E-state index in [9.17, 15) is 4.21 Å². The molecule has 1 heterocycles. The summed E-state index contributed by atoms with van der Waals surface area (Å²) >= 11 is 0. The number of nitrogens with zero attached hydrogens (tertiary/aromatic N) is 2. The molecule has 1 saturated heterocycles. The Labute approximate surface area is 171 Å². The van der Waals surface area contributed by atoms with Gasteiger partial charge in [0.2, 0.25) is 0 Å². The molecule has 2 fully saturated rings. The number of hydrogen-bond donors (Lipinski definition) is 1. The first-order valence-corrected chi connectivity index (χ1v) is 10.5. The van der Waals surface area contributed by atoms with E-state index >= 15 is 0 Å². The summed E-state index contributed by atoms with van der Waals surface area (Å²) in [5, 5.41) is 3.42. The lowest BCUT2D eigenvalue weighted by atomic mass is 9.86. The van der Waals surface area contributed by atoms with Crippen molar-refractivity contribution in [3.8, 4) is 0 Å². The maximum atomic E-state index is 12.2. The highest BCUT2D eigenvalue weighted by Crippen LogP contribution is 2.45. The lowest BCUT2D eigenvalue weighted by Gasteiger charge is -2.25. The van der Waals surface area contributed by atoms with Gasteiger partial charge in [0.15, 0.2) is 5.96 Å². The molecule has 0 aromatic heterocycles. The van der Waals surface area contributed by atoms with Gasteiger partial charge < -0.3 is 10.2 Å². The first-order chi connectivity index (χ1) is 11.7. The molecule has 1 aliphatic heterocycles. The molecule has 1 saturated carbocycles. The zero-order valence-corrected chi connectivity index (χ0v) is 18.2. The molecule has 4 nitrogen and oxygen atoms in total. The van der Waals surface area contributed by atoms with Crippen molar-refractivity contribution < 1.29 is 4.21 Å². The summed E-state index contributed by atoms with van der Waals surface area (Å²) in [4.78, 5) is 6.83. The molecule has 1 unspecified atom stereocenters. The molecule has 0 radical (unpaired) electrons. The molecular formula is C19H30IN3OS. The fourth-order valence-corrected chi connectivity index (χ4v) is 5.13. The summed E-state index contributed by atoms with van der Waals surface area (Å²) < 4.78 is 12.2. The zero-order valence-electron chi connectivity index (χ0n) is 15.1. The van der Waals surface area contributed by atoms with Crippen LogP contribution in [0.2, 0.25) is 0 Å². The molecule has 1 aliphatic carbocycles. The molecular weight excluding hydrogens is 445 g/mol. The lowest BCUT2D eigenvalue weighted by molar-refractivity contribution is 0.309. The molecule has 1 aromatic rings. The van der Waals surface area contributed by atoms with Gasteiger partial charge in [0, 0.05) is 49.0 Å². The Morgan fingerprint density at radius 3 is 2.64 bits per heavy atom. The van der Waals surface area contributed by atoms with Crippen molar-refractivity contribution >= 4 is 40.7 Å². The number of hydrogen-bond acceptors (Lipinski definition) is 2. The van der Waals surface area contributed by atoms with Gasteiger partial charge in [0.05, 0.1) is 0 Å². The van der Waals surface area contributed by atoms with E-state index in [2.05, 4.69) is 15.2 Å². The van der Waals surface area contributed by atoms with E-state index < -0.39 is 10.8 Å². The van der Waals surface area contributed by atoms with E-state index in [1.165, 1.54) is 32.1 Å². The number of nitrogens with one attached hydrogen (secondary N) is 1. The van der Waals surface area contributed by atoms with Crippen molar-refractivity contribution in [1.29, 1.82) is 0 Å². The van der Waals surface area contributed by atoms with Crippen molar-refractivity contribution in [2.45, 2.75) is 37.9 Å². The van der Waals surface area contributed by atoms with E-state index in [1.54, 1.807) is 0 Å². The van der Waals surface area contributed by atoms with Crippen molar-refractivity contribution in [3.05, 3.63) is 35.9 Å². The fraction of sp³-hybridized carbons (Fsp3) is 0.632. The maximum absolute atomic E-state index is 12.2. The molecule has 2 aliphatic rings. The quantitative estimate of drug-likeness (QED) is 0.404. The summed E-state index contributed by atoms with van der Waals surface area (Å²) in [6, 6.07) is 10.1. The Morgan fingerprint density at radius 2 is 1.96 bits per heavy atom. The number of rotatable bonds is 5. The highest BCUT2D eigenvalue weighted by molar-refractivity contribution is 14.0. The van der Waals surface area contributed by atoms with Gasteiger partial charge in [-0.25, -0.2) is 0 Å². The van der Waals surface area contributed by atoms with Gasteiger partial charge in [0.25, 0.3) is 0 Å². The smallest absolute Gasteiger partial charge is 0.193 e. The average molecular weight is 475 g/mol. The van der Waals surface area contributed by atoms with E-state index in [1.807, 2.05) is 37.4 Å². The SMILES string of the molecule is CN=C(NCCS(=O)Cc1ccccc1)N1CCC2(CCCC2)C1.I. The predicted molar refractivity (Wildman–Crippen MR) is 117 cm³/mol. The number of aliphatic imine (C=N–C) groups is 1. The van der Waals surface area contributed by atoms with Crippen molar-refractivity contribution in [1.82, 2.24) is 10.2 Å². The number of benzene rings is 1. The van der Waals surface area contributed by atoms with Crippen LogP contribution in [0.15, 0.2) is 35.3 Å². The maximum Gasteiger partial charge on any atom is 0.193 e. The Balaban J connectivity index is 0.00000225. The molecule has 6 heteroatoms. The zero-order chi connectivity index (χ0) is 16.8. The number of halogens is 1. The molecule has 1 atom stereocenters. The van der Waals surface area contributed by atoms with Crippen LogP contribution < -0.4 is 5.32 Å². The second-order valence-corrected chi connectivity index (χ2v) is 8.70.